The number of hydrogen-bond donors (Lipinski definition) is 1. The number of rotatable bonds is 2. The molecule has 1 N–H and O–H groups in total. The van der Waals surface area contributed by atoms with Gasteiger partial charge in [0, 0.05) is 9.75 Å². The van der Waals surface area contributed by atoms with Crippen molar-refractivity contribution in [2.24, 2.45) is 0 Å². The van der Waals surface area contributed by atoms with E-state index >= 15 is 0 Å². The highest BCUT2D eigenvalue weighted by Crippen LogP contribution is 2.35. The molecule has 0 saturated heterocycles. The Labute approximate surface area is 112 Å². The summed E-state index contributed by atoms with van der Waals surface area (Å²) in [5, 5.41) is 0. The molecule has 0 radical (unpaired) electrons. The summed E-state index contributed by atoms with van der Waals surface area (Å²) in [6, 6.07) is 14.6. The zero-order valence-corrected chi connectivity index (χ0v) is 11.3. The summed E-state index contributed by atoms with van der Waals surface area (Å²) in [5.74, 6) is 0. The van der Waals surface area contributed by atoms with Gasteiger partial charge in [0.15, 0.2) is 0 Å². The van der Waals surface area contributed by atoms with Gasteiger partial charge in [0.2, 0.25) is 0 Å². The van der Waals surface area contributed by atoms with E-state index in [0.717, 1.165) is 4.61 Å². The second-order valence-electron chi connectivity index (χ2n) is 3.72. The Balaban J connectivity index is 1.89. The second-order valence-corrected chi connectivity index (χ2v) is 5.69. The molecule has 0 fully saturated rings. The van der Waals surface area contributed by atoms with Gasteiger partial charge in [-0.05, 0) is 39.7 Å². The predicted molar refractivity (Wildman–Crippen MR) is 73.7 cm³/mol. The van der Waals surface area contributed by atoms with E-state index in [9.17, 15) is 0 Å². The molecule has 3 rings (SSSR count). The molecule has 4 heteroatoms. The van der Waals surface area contributed by atoms with Gasteiger partial charge in [0.05, 0.1) is 0 Å². The normalized spacial score (nSPS) is 18.9. The summed E-state index contributed by atoms with van der Waals surface area (Å²) in [4.78, 5) is 7.89. The number of hydroxylamine groups is 1. The third kappa shape index (κ3) is 2.29. The number of halogens is 1. The number of nitrogens with one attached hydrogen (secondary N) is 1. The molecule has 2 nitrogen and oxygen atoms in total. The van der Waals surface area contributed by atoms with Gasteiger partial charge >= 0.3 is 0 Å². The molecule has 0 spiro atoms. The fourth-order valence-corrected chi connectivity index (χ4v) is 3.07. The van der Waals surface area contributed by atoms with Crippen molar-refractivity contribution in [2.75, 3.05) is 0 Å². The molecule has 0 bridgehead atoms. The van der Waals surface area contributed by atoms with Crippen LogP contribution >= 0.6 is 27.3 Å². The van der Waals surface area contributed by atoms with Crippen LogP contribution in [0.5, 0.6) is 0 Å². The van der Waals surface area contributed by atoms with Gasteiger partial charge in [0.1, 0.15) is 10.7 Å². The van der Waals surface area contributed by atoms with Crippen molar-refractivity contribution in [1.29, 1.82) is 0 Å². The first-order valence-corrected chi connectivity index (χ1v) is 6.88. The van der Waals surface area contributed by atoms with Crippen molar-refractivity contribution >= 4 is 27.3 Å². The first-order chi connectivity index (χ1) is 8.33. The van der Waals surface area contributed by atoms with Crippen molar-refractivity contribution in [2.45, 2.75) is 6.10 Å². The quantitative estimate of drug-likeness (QED) is 0.838. The Bertz CT molecular complexity index is 550. The third-order valence-electron chi connectivity index (χ3n) is 2.55. The molecule has 86 valence electrons. The molecule has 17 heavy (non-hydrogen) atoms. The van der Waals surface area contributed by atoms with Crippen LogP contribution in [0, 0.1) is 0 Å². The molecule has 0 unspecified atom stereocenters. The van der Waals surface area contributed by atoms with Crippen molar-refractivity contribution in [3.8, 4) is 10.4 Å². The van der Waals surface area contributed by atoms with E-state index in [0.29, 0.717) is 0 Å². The molecule has 0 aliphatic carbocycles. The van der Waals surface area contributed by atoms with Gasteiger partial charge in [-0.1, -0.05) is 30.3 Å². The second kappa shape index (κ2) is 4.64. The zero-order valence-electron chi connectivity index (χ0n) is 8.89. The van der Waals surface area contributed by atoms with Gasteiger partial charge in [0.25, 0.3) is 0 Å². The molecule has 1 aromatic heterocycles. The van der Waals surface area contributed by atoms with Crippen LogP contribution in [0.4, 0.5) is 0 Å². The fourth-order valence-electron chi connectivity index (χ4n) is 1.72. The first-order valence-electron chi connectivity index (χ1n) is 5.27. The summed E-state index contributed by atoms with van der Waals surface area (Å²) in [5.41, 5.74) is 4.05. The lowest BCUT2D eigenvalue weighted by atomic mass is 10.2. The van der Waals surface area contributed by atoms with E-state index in [-0.39, 0.29) is 6.10 Å². The molecule has 1 aliphatic rings. The Morgan fingerprint density at radius 1 is 1.12 bits per heavy atom. The van der Waals surface area contributed by atoms with Crippen molar-refractivity contribution in [1.82, 2.24) is 5.48 Å². The standard InChI is InChI=1S/C13H10BrNOS/c14-13-8-10(16-15-13)12-7-6-11(17-12)9-4-2-1-3-5-9/h1-8,10,15H/t10-/m1/s1. The highest BCUT2D eigenvalue weighted by Gasteiger charge is 2.18. The third-order valence-corrected chi connectivity index (χ3v) is 4.17. The summed E-state index contributed by atoms with van der Waals surface area (Å²) < 4.78 is 0.886. The maximum atomic E-state index is 5.42. The van der Waals surface area contributed by atoms with Crippen molar-refractivity contribution < 1.29 is 4.84 Å². The van der Waals surface area contributed by atoms with E-state index in [2.05, 4.69) is 57.8 Å². The average molecular weight is 308 g/mol. The Morgan fingerprint density at radius 3 is 2.65 bits per heavy atom. The minimum atomic E-state index is 0.00633. The van der Waals surface area contributed by atoms with E-state index in [4.69, 9.17) is 4.84 Å². The average Bonchev–Trinajstić information content (AvgIpc) is 2.98. The lowest BCUT2D eigenvalue weighted by Gasteiger charge is -2.03. The first kappa shape index (κ1) is 11.0. The van der Waals surface area contributed by atoms with Crippen LogP contribution in [0.2, 0.25) is 0 Å². The van der Waals surface area contributed by atoms with Crippen LogP contribution in [0.25, 0.3) is 10.4 Å². The summed E-state index contributed by atoms with van der Waals surface area (Å²) in [6.45, 7) is 0. The van der Waals surface area contributed by atoms with Crippen LogP contribution in [-0.4, -0.2) is 0 Å². The number of benzene rings is 1. The monoisotopic (exact) mass is 307 g/mol. The Morgan fingerprint density at radius 2 is 1.94 bits per heavy atom. The van der Waals surface area contributed by atoms with E-state index in [1.54, 1.807) is 11.3 Å². The maximum Gasteiger partial charge on any atom is 0.141 e. The SMILES string of the molecule is BrC1=C[C@H](c2ccc(-c3ccccc3)s2)ON1. The van der Waals surface area contributed by atoms with Crippen LogP contribution in [0.1, 0.15) is 11.0 Å². The topological polar surface area (TPSA) is 21.3 Å². The van der Waals surface area contributed by atoms with Gasteiger partial charge < -0.3 is 0 Å². The van der Waals surface area contributed by atoms with Gasteiger partial charge in [-0.3, -0.25) is 10.3 Å². The zero-order chi connectivity index (χ0) is 11.7. The molecule has 1 aliphatic heterocycles. The minimum Gasteiger partial charge on any atom is -0.262 e. The summed E-state index contributed by atoms with van der Waals surface area (Å²) >= 11 is 5.11. The lowest BCUT2D eigenvalue weighted by molar-refractivity contribution is 0.0477. The highest BCUT2D eigenvalue weighted by atomic mass is 79.9. The largest absolute Gasteiger partial charge is 0.262 e. The molecule has 1 atom stereocenters. The van der Waals surface area contributed by atoms with E-state index in [1.165, 1.54) is 15.3 Å². The van der Waals surface area contributed by atoms with Crippen molar-refractivity contribution in [3.63, 3.8) is 0 Å². The fraction of sp³-hybridized carbons (Fsp3) is 0.0769. The Kier molecular flexibility index (Phi) is 3.01. The van der Waals surface area contributed by atoms with Crippen molar-refractivity contribution in [3.05, 3.63) is 58.0 Å². The van der Waals surface area contributed by atoms with E-state index < -0.39 is 0 Å². The molecule has 2 aromatic rings. The molecular weight excluding hydrogens is 298 g/mol. The molecular formula is C13H10BrNOS. The van der Waals surface area contributed by atoms with E-state index in [1.807, 2.05) is 12.1 Å². The molecule has 1 aromatic carbocycles. The lowest BCUT2D eigenvalue weighted by Crippen LogP contribution is -2.03. The smallest absolute Gasteiger partial charge is 0.141 e. The minimum absolute atomic E-state index is 0.00633. The Hall–Kier alpha value is -1.10. The summed E-state index contributed by atoms with van der Waals surface area (Å²) in [7, 11) is 0. The van der Waals surface area contributed by atoms with Crippen LogP contribution in [0.3, 0.4) is 0 Å². The summed E-state index contributed by atoms with van der Waals surface area (Å²) in [6.07, 6.45) is 2.02. The van der Waals surface area contributed by atoms with Crippen LogP contribution in [-0.2, 0) is 4.84 Å². The van der Waals surface area contributed by atoms with Crippen LogP contribution < -0.4 is 5.48 Å². The molecule has 0 amide bonds. The number of thiophene rings is 1. The van der Waals surface area contributed by atoms with Crippen LogP contribution in [0.15, 0.2) is 53.1 Å². The maximum absolute atomic E-state index is 5.42. The molecule has 2 heterocycles. The molecule has 0 saturated carbocycles. The van der Waals surface area contributed by atoms with Gasteiger partial charge in [-0.25, -0.2) is 0 Å². The van der Waals surface area contributed by atoms with Gasteiger partial charge in [-0.15, -0.1) is 11.3 Å². The predicted octanol–water partition coefficient (Wildman–Crippen LogP) is 4.23. The van der Waals surface area contributed by atoms with Gasteiger partial charge in [-0.2, -0.15) is 0 Å². The highest BCUT2D eigenvalue weighted by molar-refractivity contribution is 9.11. The number of hydrogen-bond acceptors (Lipinski definition) is 3.